The second kappa shape index (κ2) is 20.0. The van der Waals surface area contributed by atoms with Crippen LogP contribution in [0, 0.1) is 131 Å². The molecule has 0 atom stereocenters. The number of carbonyl (C=O) groups excluding carboxylic acids is 1. The van der Waals surface area contributed by atoms with Crippen molar-refractivity contribution in [2.75, 3.05) is 0 Å². The van der Waals surface area contributed by atoms with Gasteiger partial charge >= 0.3 is 0 Å². The first kappa shape index (κ1) is 26.3. The summed E-state index contributed by atoms with van der Waals surface area (Å²) >= 11 is 0. The molecule has 0 aromatic heterocycles. The Morgan fingerprint density at radius 1 is 0.613 bits per heavy atom. The minimum absolute atomic E-state index is 0.395. The highest BCUT2D eigenvalue weighted by atomic mass is 16.1. The average Bonchev–Trinajstić information content (AvgIpc) is 2.77. The van der Waals surface area contributed by atoms with Crippen molar-refractivity contribution >= 4 is 5.78 Å². The summed E-state index contributed by atoms with van der Waals surface area (Å²) in [5.41, 5.74) is 0. The van der Waals surface area contributed by atoms with Gasteiger partial charge in [-0.2, -0.15) is 0 Å². The van der Waals surface area contributed by atoms with E-state index >= 15 is 0 Å². The van der Waals surface area contributed by atoms with Crippen molar-refractivity contribution in [2.24, 2.45) is 11.8 Å². The molecule has 0 heterocycles. The molecule has 0 aromatic rings. The monoisotopic (exact) mass is 396 g/mol. The molecule has 1 aliphatic rings. The van der Waals surface area contributed by atoms with Gasteiger partial charge in [-0.15, -0.1) is 6.42 Å². The lowest BCUT2D eigenvalue weighted by atomic mass is 9.81. The summed E-state index contributed by atoms with van der Waals surface area (Å²) in [4.78, 5) is 10.9. The van der Waals surface area contributed by atoms with E-state index in [9.17, 15) is 4.79 Å². The quantitative estimate of drug-likeness (QED) is 0.623. The predicted molar refractivity (Wildman–Crippen MR) is 126 cm³/mol. The molecular formula is C30H20O. The minimum Gasteiger partial charge on any atom is -0.300 e. The Labute approximate surface area is 187 Å². The van der Waals surface area contributed by atoms with Crippen LogP contribution in [0.25, 0.3) is 0 Å². The number of ketones is 1. The molecule has 31 heavy (non-hydrogen) atoms. The molecule has 146 valence electrons. The maximum absolute atomic E-state index is 10.9. The van der Waals surface area contributed by atoms with E-state index in [1.165, 1.54) is 12.8 Å². The number of hydrogen-bond acceptors (Lipinski definition) is 1. The zero-order chi connectivity index (χ0) is 23.0. The molecule has 0 unspecified atom stereocenters. The summed E-state index contributed by atoms with van der Waals surface area (Å²) in [6.07, 6.45) is 9.68. The average molecular weight is 396 g/mol. The molecule has 0 spiro atoms. The molecule has 0 saturated heterocycles. The third-order valence-electron chi connectivity index (χ3n) is 3.79. The maximum atomic E-state index is 10.9. The van der Waals surface area contributed by atoms with E-state index in [1.54, 1.807) is 13.8 Å². The zero-order valence-corrected chi connectivity index (χ0v) is 18.0. The lowest BCUT2D eigenvalue weighted by Crippen LogP contribution is -2.18. The second-order valence-corrected chi connectivity index (χ2v) is 6.09. The Hall–Kier alpha value is -4.73. The van der Waals surface area contributed by atoms with Crippen LogP contribution in [0.3, 0.4) is 0 Å². The Kier molecular flexibility index (Phi) is 17.0. The molecule has 0 N–H and O–H groups in total. The Morgan fingerprint density at radius 3 is 1.23 bits per heavy atom. The summed E-state index contributed by atoms with van der Waals surface area (Å²) in [6, 6.07) is 0. The first-order valence-corrected chi connectivity index (χ1v) is 9.49. The van der Waals surface area contributed by atoms with E-state index < -0.39 is 0 Å². The number of hydrogen-bond donors (Lipinski definition) is 0. The number of rotatable bonds is 1. The summed E-state index contributed by atoms with van der Waals surface area (Å²) in [5.74, 6) is 48.6. The SMILES string of the molecule is C#CC#CC#CC#CC#CC#CC#CC#CC#CC#CC.CC(=O)C1CCC(C)CC1. The van der Waals surface area contributed by atoms with Gasteiger partial charge in [-0.3, -0.25) is 4.79 Å². The summed E-state index contributed by atoms with van der Waals surface area (Å²) in [5, 5.41) is 0. The molecule has 1 aliphatic carbocycles. The largest absolute Gasteiger partial charge is 0.300 e. The van der Waals surface area contributed by atoms with E-state index in [-0.39, 0.29) is 0 Å². The molecule has 1 saturated carbocycles. The van der Waals surface area contributed by atoms with Gasteiger partial charge in [0.15, 0.2) is 0 Å². The summed E-state index contributed by atoms with van der Waals surface area (Å²) < 4.78 is 0. The van der Waals surface area contributed by atoms with Crippen molar-refractivity contribution in [3.8, 4) is 119 Å². The standard InChI is InChI=1S/C21H4.C9H16O/c1-3-5-7-9-11-13-15-17-19-21-20-18-16-14-12-10-8-6-4-2;1-7-3-5-9(6-4-7)8(2)10/h1H,2H3;7,9H,3-6H2,1-2H3. The van der Waals surface area contributed by atoms with Gasteiger partial charge in [0.05, 0.1) is 0 Å². The molecule has 0 bridgehead atoms. The third kappa shape index (κ3) is 18.4. The second-order valence-electron chi connectivity index (χ2n) is 6.09. The van der Waals surface area contributed by atoms with Crippen molar-refractivity contribution in [2.45, 2.75) is 46.5 Å². The Balaban J connectivity index is 0.000000743. The summed E-state index contributed by atoms with van der Waals surface area (Å²) in [6.45, 7) is 5.69. The van der Waals surface area contributed by atoms with Crippen LogP contribution in [-0.4, -0.2) is 5.78 Å². The fourth-order valence-electron chi connectivity index (χ4n) is 2.23. The highest BCUT2D eigenvalue weighted by Crippen LogP contribution is 2.28. The maximum Gasteiger partial charge on any atom is 0.132 e. The van der Waals surface area contributed by atoms with Gasteiger partial charge in [0, 0.05) is 17.8 Å². The highest BCUT2D eigenvalue weighted by molar-refractivity contribution is 5.78. The molecule has 0 radical (unpaired) electrons. The normalized spacial score (nSPS) is 13.5. The molecular weight excluding hydrogens is 376 g/mol. The predicted octanol–water partition coefficient (Wildman–Crippen LogP) is 3.07. The fourth-order valence-corrected chi connectivity index (χ4v) is 2.23. The zero-order valence-electron chi connectivity index (χ0n) is 18.0. The summed E-state index contributed by atoms with van der Waals surface area (Å²) in [7, 11) is 0. The minimum atomic E-state index is 0.395. The first-order chi connectivity index (χ1) is 15.1. The van der Waals surface area contributed by atoms with Crippen LogP contribution >= 0.6 is 0 Å². The number of carbonyl (C=O) groups is 1. The molecule has 0 amide bonds. The van der Waals surface area contributed by atoms with Gasteiger partial charge in [0.25, 0.3) is 0 Å². The van der Waals surface area contributed by atoms with Crippen LogP contribution in [-0.2, 0) is 4.79 Å². The van der Waals surface area contributed by atoms with E-state index in [4.69, 9.17) is 6.42 Å². The number of terminal acetylenes is 1. The van der Waals surface area contributed by atoms with E-state index in [1.807, 2.05) is 0 Å². The molecule has 1 rings (SSSR count). The fraction of sp³-hybridized carbons (Fsp3) is 0.300. The van der Waals surface area contributed by atoms with Gasteiger partial charge in [-0.25, -0.2) is 0 Å². The van der Waals surface area contributed by atoms with Crippen LogP contribution in [0.2, 0.25) is 0 Å². The van der Waals surface area contributed by atoms with Crippen LogP contribution in [0.4, 0.5) is 0 Å². The Morgan fingerprint density at radius 2 is 0.935 bits per heavy atom. The number of Topliss-reactive ketones (excluding diaryl/α,β-unsaturated/α-hetero) is 1. The smallest absolute Gasteiger partial charge is 0.132 e. The third-order valence-corrected chi connectivity index (χ3v) is 3.79. The molecule has 1 heteroatoms. The topological polar surface area (TPSA) is 17.1 Å². The Bertz CT molecular complexity index is 1230. The first-order valence-electron chi connectivity index (χ1n) is 9.49. The lowest BCUT2D eigenvalue weighted by Gasteiger charge is -2.23. The van der Waals surface area contributed by atoms with Crippen molar-refractivity contribution in [3.05, 3.63) is 0 Å². The van der Waals surface area contributed by atoms with Crippen LogP contribution in [0.5, 0.6) is 0 Å². The van der Waals surface area contributed by atoms with Gasteiger partial charge in [0.2, 0.25) is 0 Å². The van der Waals surface area contributed by atoms with Crippen molar-refractivity contribution in [3.63, 3.8) is 0 Å². The molecule has 1 fully saturated rings. The van der Waals surface area contributed by atoms with E-state index in [0.29, 0.717) is 11.7 Å². The molecule has 0 aromatic carbocycles. The van der Waals surface area contributed by atoms with Gasteiger partial charge < -0.3 is 0 Å². The van der Waals surface area contributed by atoms with E-state index in [0.717, 1.165) is 18.8 Å². The highest BCUT2D eigenvalue weighted by Gasteiger charge is 2.20. The molecule has 0 aliphatic heterocycles. The van der Waals surface area contributed by atoms with Crippen LogP contribution < -0.4 is 0 Å². The van der Waals surface area contributed by atoms with Crippen LogP contribution in [0.1, 0.15) is 46.5 Å². The van der Waals surface area contributed by atoms with Crippen molar-refractivity contribution in [1.29, 1.82) is 0 Å². The molecule has 1 nitrogen and oxygen atoms in total. The van der Waals surface area contributed by atoms with Gasteiger partial charge in [0.1, 0.15) is 5.78 Å². The van der Waals surface area contributed by atoms with Crippen LogP contribution in [0.15, 0.2) is 0 Å². The van der Waals surface area contributed by atoms with Gasteiger partial charge in [-0.1, -0.05) is 25.7 Å². The van der Waals surface area contributed by atoms with Crippen molar-refractivity contribution in [1.82, 2.24) is 0 Å². The van der Waals surface area contributed by atoms with E-state index in [2.05, 4.69) is 119 Å². The lowest BCUT2D eigenvalue weighted by molar-refractivity contribution is -0.121. The van der Waals surface area contributed by atoms with Gasteiger partial charge in [-0.05, 0) is 127 Å². The van der Waals surface area contributed by atoms with Crippen molar-refractivity contribution < 1.29 is 4.79 Å².